The molecular weight excluding hydrogens is 298 g/mol. The molecule has 0 spiro atoms. The van der Waals surface area contributed by atoms with Gasteiger partial charge in [-0.25, -0.2) is 0 Å². The van der Waals surface area contributed by atoms with Crippen molar-refractivity contribution in [3.63, 3.8) is 0 Å². The maximum absolute atomic E-state index is 9.96. The van der Waals surface area contributed by atoms with Crippen LogP contribution in [0.4, 0.5) is 0 Å². The summed E-state index contributed by atoms with van der Waals surface area (Å²) in [6, 6.07) is 18.3. The lowest BCUT2D eigenvalue weighted by Crippen LogP contribution is -2.14. The third-order valence-corrected chi connectivity index (χ3v) is 4.36. The van der Waals surface area contributed by atoms with Gasteiger partial charge in [0.2, 0.25) is 0 Å². The molecule has 0 radical (unpaired) electrons. The zero-order valence-electron chi connectivity index (χ0n) is 14.2. The molecule has 0 aliphatic carbocycles. The standard InChI is InChI=1S/C21H25NO2/c1-2-3-4-10-15-24-22-20-14-9-8-13-18(20)19(16-23)21(22)17-11-6-5-7-12-17/h5-9,11-14,23H,2-4,10,15-16H2,1H3. The van der Waals surface area contributed by atoms with Crippen LogP contribution < -0.4 is 4.84 Å². The molecule has 0 saturated heterocycles. The van der Waals surface area contributed by atoms with Crippen molar-refractivity contribution in [1.29, 1.82) is 0 Å². The van der Waals surface area contributed by atoms with E-state index < -0.39 is 0 Å². The van der Waals surface area contributed by atoms with Crippen LogP contribution in [0.25, 0.3) is 22.2 Å². The third kappa shape index (κ3) is 3.31. The van der Waals surface area contributed by atoms with Crippen molar-refractivity contribution in [2.24, 2.45) is 0 Å². The Bertz CT molecular complexity index is 777. The predicted octanol–water partition coefficient (Wildman–Crippen LogP) is 4.81. The van der Waals surface area contributed by atoms with E-state index in [1.54, 1.807) is 0 Å². The van der Waals surface area contributed by atoms with Crippen molar-refractivity contribution in [3.8, 4) is 11.3 Å². The molecule has 24 heavy (non-hydrogen) atoms. The molecule has 3 aromatic rings. The van der Waals surface area contributed by atoms with Crippen LogP contribution in [0.5, 0.6) is 0 Å². The van der Waals surface area contributed by atoms with E-state index >= 15 is 0 Å². The van der Waals surface area contributed by atoms with E-state index in [1.165, 1.54) is 19.3 Å². The normalized spacial score (nSPS) is 11.1. The monoisotopic (exact) mass is 323 g/mol. The van der Waals surface area contributed by atoms with E-state index in [0.717, 1.165) is 34.1 Å². The predicted molar refractivity (Wildman–Crippen MR) is 98.9 cm³/mol. The number of aromatic nitrogens is 1. The first kappa shape index (κ1) is 16.6. The average molecular weight is 323 g/mol. The van der Waals surface area contributed by atoms with Crippen molar-refractivity contribution < 1.29 is 9.94 Å². The van der Waals surface area contributed by atoms with Crippen molar-refractivity contribution in [3.05, 3.63) is 60.2 Å². The highest BCUT2D eigenvalue weighted by atomic mass is 16.7. The molecule has 0 bridgehead atoms. The van der Waals surface area contributed by atoms with Gasteiger partial charge in [0.1, 0.15) is 6.61 Å². The zero-order chi connectivity index (χ0) is 16.8. The molecule has 0 amide bonds. The number of nitrogens with zero attached hydrogens (tertiary/aromatic N) is 1. The Morgan fingerprint density at radius 3 is 2.42 bits per heavy atom. The zero-order valence-corrected chi connectivity index (χ0v) is 14.2. The van der Waals surface area contributed by atoms with Crippen LogP contribution in [0.2, 0.25) is 0 Å². The quantitative estimate of drug-likeness (QED) is 0.604. The molecule has 3 heteroatoms. The fraction of sp³-hybridized carbons (Fsp3) is 0.333. The van der Waals surface area contributed by atoms with Crippen LogP contribution in [-0.4, -0.2) is 16.4 Å². The second kappa shape index (κ2) is 8.02. The van der Waals surface area contributed by atoms with Crippen molar-refractivity contribution in [2.75, 3.05) is 6.61 Å². The molecule has 0 fully saturated rings. The van der Waals surface area contributed by atoms with Crippen LogP contribution >= 0.6 is 0 Å². The van der Waals surface area contributed by atoms with E-state index in [4.69, 9.17) is 4.84 Å². The maximum Gasteiger partial charge on any atom is 0.115 e. The minimum Gasteiger partial charge on any atom is -0.413 e. The number of para-hydroxylation sites is 1. The second-order valence-electron chi connectivity index (χ2n) is 6.06. The van der Waals surface area contributed by atoms with Crippen LogP contribution in [0, 0.1) is 0 Å². The molecule has 3 rings (SSSR count). The highest BCUT2D eigenvalue weighted by Gasteiger charge is 2.18. The Labute approximate surface area is 143 Å². The number of hydrogen-bond acceptors (Lipinski definition) is 2. The molecule has 1 N–H and O–H groups in total. The van der Waals surface area contributed by atoms with E-state index in [9.17, 15) is 5.11 Å². The highest BCUT2D eigenvalue weighted by molar-refractivity contribution is 5.91. The Morgan fingerprint density at radius 1 is 0.917 bits per heavy atom. The molecule has 0 saturated carbocycles. The summed E-state index contributed by atoms with van der Waals surface area (Å²) >= 11 is 0. The first-order chi connectivity index (χ1) is 11.9. The number of hydrogen-bond donors (Lipinski definition) is 1. The average Bonchev–Trinajstić information content (AvgIpc) is 2.96. The SMILES string of the molecule is CCCCCCOn1c(-c2ccccc2)c(CO)c2ccccc21. The van der Waals surface area contributed by atoms with Crippen molar-refractivity contribution >= 4 is 10.9 Å². The van der Waals surface area contributed by atoms with Gasteiger partial charge in [0.05, 0.1) is 17.8 Å². The largest absolute Gasteiger partial charge is 0.413 e. The van der Waals surface area contributed by atoms with Crippen LogP contribution in [0.1, 0.15) is 38.2 Å². The summed E-state index contributed by atoms with van der Waals surface area (Å²) in [6.45, 7) is 2.89. The summed E-state index contributed by atoms with van der Waals surface area (Å²) in [6.07, 6.45) is 4.69. The van der Waals surface area contributed by atoms with Gasteiger partial charge >= 0.3 is 0 Å². The smallest absolute Gasteiger partial charge is 0.115 e. The topological polar surface area (TPSA) is 34.4 Å². The van der Waals surface area contributed by atoms with Gasteiger partial charge < -0.3 is 9.94 Å². The molecule has 3 nitrogen and oxygen atoms in total. The minimum absolute atomic E-state index is 0.00304. The summed E-state index contributed by atoms with van der Waals surface area (Å²) in [5.41, 5.74) is 3.95. The van der Waals surface area contributed by atoms with Gasteiger partial charge in [0.15, 0.2) is 0 Å². The van der Waals surface area contributed by atoms with Crippen LogP contribution in [-0.2, 0) is 6.61 Å². The first-order valence-electron chi connectivity index (χ1n) is 8.78. The Hall–Kier alpha value is -2.26. The van der Waals surface area contributed by atoms with Gasteiger partial charge in [0, 0.05) is 16.5 Å². The van der Waals surface area contributed by atoms with E-state index in [-0.39, 0.29) is 6.61 Å². The summed E-state index contributed by atoms with van der Waals surface area (Å²) in [5.74, 6) is 0. The molecule has 1 heterocycles. The Kier molecular flexibility index (Phi) is 5.55. The first-order valence-corrected chi connectivity index (χ1v) is 8.78. The lowest BCUT2D eigenvalue weighted by atomic mass is 10.1. The van der Waals surface area contributed by atoms with Gasteiger partial charge in [-0.3, -0.25) is 0 Å². The van der Waals surface area contributed by atoms with Crippen LogP contribution in [0.3, 0.4) is 0 Å². The van der Waals surface area contributed by atoms with Gasteiger partial charge in [-0.2, -0.15) is 4.73 Å². The van der Waals surface area contributed by atoms with Gasteiger partial charge in [-0.15, -0.1) is 0 Å². The molecule has 0 aliphatic rings. The molecule has 126 valence electrons. The Balaban J connectivity index is 2.01. The van der Waals surface area contributed by atoms with E-state index in [1.807, 2.05) is 47.2 Å². The Morgan fingerprint density at radius 2 is 1.67 bits per heavy atom. The van der Waals surface area contributed by atoms with Gasteiger partial charge in [0.25, 0.3) is 0 Å². The molecule has 0 aliphatic heterocycles. The second-order valence-corrected chi connectivity index (χ2v) is 6.06. The van der Waals surface area contributed by atoms with E-state index in [2.05, 4.69) is 19.1 Å². The number of unbranched alkanes of at least 4 members (excludes halogenated alkanes) is 3. The number of fused-ring (bicyclic) bond motifs is 1. The van der Waals surface area contributed by atoms with E-state index in [0.29, 0.717) is 6.61 Å². The lowest BCUT2D eigenvalue weighted by Gasteiger charge is -2.13. The summed E-state index contributed by atoms with van der Waals surface area (Å²) in [7, 11) is 0. The number of benzene rings is 2. The maximum atomic E-state index is 9.96. The summed E-state index contributed by atoms with van der Waals surface area (Å²) < 4.78 is 1.90. The van der Waals surface area contributed by atoms with Crippen molar-refractivity contribution in [1.82, 2.24) is 4.73 Å². The summed E-state index contributed by atoms with van der Waals surface area (Å²) in [4.78, 5) is 6.14. The summed E-state index contributed by atoms with van der Waals surface area (Å²) in [5, 5.41) is 11.0. The van der Waals surface area contributed by atoms with Gasteiger partial charge in [-0.05, 0) is 18.9 Å². The minimum atomic E-state index is -0.00304. The molecule has 1 aromatic heterocycles. The highest BCUT2D eigenvalue weighted by Crippen LogP contribution is 2.33. The fourth-order valence-corrected chi connectivity index (χ4v) is 3.14. The lowest BCUT2D eigenvalue weighted by molar-refractivity contribution is 0.119. The number of aliphatic hydroxyl groups is 1. The number of rotatable bonds is 8. The molecule has 2 aromatic carbocycles. The fourth-order valence-electron chi connectivity index (χ4n) is 3.14. The third-order valence-electron chi connectivity index (χ3n) is 4.36. The molecular formula is C21H25NO2. The van der Waals surface area contributed by atoms with Crippen molar-refractivity contribution in [2.45, 2.75) is 39.2 Å². The molecule has 0 atom stereocenters. The van der Waals surface area contributed by atoms with Crippen LogP contribution in [0.15, 0.2) is 54.6 Å². The van der Waals surface area contributed by atoms with Gasteiger partial charge in [-0.1, -0.05) is 68.3 Å². The number of aliphatic hydroxyl groups excluding tert-OH is 1. The molecule has 0 unspecified atom stereocenters.